The normalized spacial score (nSPS) is 14.5. The SMILES string of the molecule is CC(=Nc1c([C@@H](C)c2ccccc2)cc(C)cc1[C@@H](C)c1ccccc1)C(C)=Nc1c([C@@H](C)c2ccccc2)cc(C)cc1[C@@H](C)c1ccccc1. The van der Waals surface area contributed by atoms with Gasteiger partial charge in [-0.1, -0.05) is 184 Å². The molecule has 0 amide bonds. The first-order chi connectivity index (χ1) is 25.1. The average Bonchev–Trinajstić information content (AvgIpc) is 3.18. The van der Waals surface area contributed by atoms with Gasteiger partial charge in [0.05, 0.1) is 22.8 Å². The summed E-state index contributed by atoms with van der Waals surface area (Å²) in [4.78, 5) is 11.1. The smallest absolute Gasteiger partial charge is 0.0709 e. The van der Waals surface area contributed by atoms with Gasteiger partial charge in [0.25, 0.3) is 0 Å². The molecular formula is C50H52N2. The molecule has 0 aliphatic rings. The quantitative estimate of drug-likeness (QED) is 0.122. The standard InChI is InChI=1S/C50H52N2/c1-33-29-45(35(3)41-21-13-9-14-22-41)49(46(30-33)36(4)42-23-15-10-16-24-42)51-39(7)40(8)52-50-47(37(5)43-25-17-11-18-26-43)31-34(2)32-48(50)38(6)44-27-19-12-20-28-44/h9-32,35-38H,1-8H3/t35-,36-,37-,38-/m0/s1. The molecule has 2 heteroatoms. The number of benzene rings is 6. The molecule has 2 nitrogen and oxygen atoms in total. The first-order valence-corrected chi connectivity index (χ1v) is 18.7. The predicted molar refractivity (Wildman–Crippen MR) is 224 cm³/mol. The summed E-state index contributed by atoms with van der Waals surface area (Å²) in [5.74, 6) is 0.668. The van der Waals surface area contributed by atoms with Gasteiger partial charge in [-0.05, 0) is 72.2 Å². The molecule has 6 aromatic rings. The number of hydrogen-bond acceptors (Lipinski definition) is 2. The van der Waals surface area contributed by atoms with E-state index in [4.69, 9.17) is 9.98 Å². The van der Waals surface area contributed by atoms with Gasteiger partial charge in [0.15, 0.2) is 0 Å². The molecule has 0 saturated heterocycles. The Kier molecular flexibility index (Phi) is 11.5. The maximum absolute atomic E-state index is 5.56. The molecule has 0 heterocycles. The summed E-state index contributed by atoms with van der Waals surface area (Å²) >= 11 is 0. The molecular weight excluding hydrogens is 629 g/mol. The molecule has 262 valence electrons. The second-order valence-electron chi connectivity index (χ2n) is 14.5. The highest BCUT2D eigenvalue weighted by Gasteiger charge is 2.23. The van der Waals surface area contributed by atoms with E-state index in [0.29, 0.717) is 0 Å². The summed E-state index contributed by atoms with van der Waals surface area (Å²) in [6, 6.07) is 52.5. The molecule has 6 aromatic carbocycles. The van der Waals surface area contributed by atoms with Crippen LogP contribution >= 0.6 is 0 Å². The van der Waals surface area contributed by atoms with Crippen molar-refractivity contribution >= 4 is 22.8 Å². The van der Waals surface area contributed by atoms with Crippen molar-refractivity contribution in [2.24, 2.45) is 9.98 Å². The molecule has 0 unspecified atom stereocenters. The highest BCUT2D eigenvalue weighted by molar-refractivity contribution is 6.41. The molecule has 0 aliphatic heterocycles. The van der Waals surface area contributed by atoms with E-state index in [1.165, 1.54) is 55.6 Å². The number of hydrogen-bond donors (Lipinski definition) is 0. The molecule has 4 atom stereocenters. The van der Waals surface area contributed by atoms with Crippen molar-refractivity contribution in [2.75, 3.05) is 0 Å². The van der Waals surface area contributed by atoms with Crippen molar-refractivity contribution in [2.45, 2.75) is 79.1 Å². The summed E-state index contributed by atoms with van der Waals surface area (Å²) in [7, 11) is 0. The fraction of sp³-hybridized carbons (Fsp3) is 0.240. The third-order valence-electron chi connectivity index (χ3n) is 10.8. The van der Waals surface area contributed by atoms with Gasteiger partial charge in [-0.3, -0.25) is 9.98 Å². The minimum atomic E-state index is 0.167. The number of aryl methyl sites for hydroxylation is 2. The van der Waals surface area contributed by atoms with Crippen molar-refractivity contribution in [3.05, 3.63) is 201 Å². The average molecular weight is 681 g/mol. The fourth-order valence-electron chi connectivity index (χ4n) is 7.43. The van der Waals surface area contributed by atoms with Crippen molar-refractivity contribution in [1.29, 1.82) is 0 Å². The van der Waals surface area contributed by atoms with Gasteiger partial charge < -0.3 is 0 Å². The van der Waals surface area contributed by atoms with Crippen LogP contribution < -0.4 is 0 Å². The topological polar surface area (TPSA) is 24.7 Å². The van der Waals surface area contributed by atoms with E-state index in [2.05, 4.69) is 201 Å². The molecule has 52 heavy (non-hydrogen) atoms. The number of rotatable bonds is 11. The Balaban J connectivity index is 1.54. The molecule has 0 spiro atoms. The van der Waals surface area contributed by atoms with Gasteiger partial charge in [-0.25, -0.2) is 0 Å². The van der Waals surface area contributed by atoms with Gasteiger partial charge in [-0.2, -0.15) is 0 Å². The molecule has 0 aliphatic carbocycles. The van der Waals surface area contributed by atoms with E-state index >= 15 is 0 Å². The molecule has 0 bridgehead atoms. The van der Waals surface area contributed by atoms with Crippen LogP contribution in [0.5, 0.6) is 0 Å². The number of aliphatic imine (C=N–C) groups is 2. The molecule has 6 rings (SSSR count). The van der Waals surface area contributed by atoms with E-state index in [1.807, 2.05) is 0 Å². The van der Waals surface area contributed by atoms with Crippen LogP contribution in [0, 0.1) is 13.8 Å². The zero-order valence-electron chi connectivity index (χ0n) is 32.1. The summed E-state index contributed by atoms with van der Waals surface area (Å²) in [6.45, 7) is 17.9. The van der Waals surface area contributed by atoms with Crippen LogP contribution in [0.4, 0.5) is 11.4 Å². The van der Waals surface area contributed by atoms with Crippen LogP contribution in [-0.2, 0) is 0 Å². The maximum atomic E-state index is 5.56. The van der Waals surface area contributed by atoms with Crippen molar-refractivity contribution in [3.63, 3.8) is 0 Å². The minimum Gasteiger partial charge on any atom is -0.251 e. The maximum Gasteiger partial charge on any atom is 0.0709 e. The van der Waals surface area contributed by atoms with Gasteiger partial charge in [-0.15, -0.1) is 0 Å². The molecule has 0 saturated carbocycles. The summed E-state index contributed by atoms with van der Waals surface area (Å²) < 4.78 is 0. The van der Waals surface area contributed by atoms with Gasteiger partial charge in [0, 0.05) is 23.7 Å². The lowest BCUT2D eigenvalue weighted by atomic mass is 9.84. The Morgan fingerprint density at radius 1 is 0.365 bits per heavy atom. The zero-order valence-corrected chi connectivity index (χ0v) is 32.1. The molecule has 0 N–H and O–H groups in total. The Morgan fingerprint density at radius 2 is 0.577 bits per heavy atom. The number of nitrogens with zero attached hydrogens (tertiary/aromatic N) is 2. The van der Waals surface area contributed by atoms with E-state index in [-0.39, 0.29) is 23.7 Å². The largest absolute Gasteiger partial charge is 0.251 e. The second-order valence-corrected chi connectivity index (χ2v) is 14.5. The molecule has 0 aromatic heterocycles. The summed E-state index contributed by atoms with van der Waals surface area (Å²) in [5, 5.41) is 0. The summed E-state index contributed by atoms with van der Waals surface area (Å²) in [6.07, 6.45) is 0. The van der Waals surface area contributed by atoms with Crippen molar-refractivity contribution in [1.82, 2.24) is 0 Å². The highest BCUT2D eigenvalue weighted by Crippen LogP contribution is 2.43. The monoisotopic (exact) mass is 680 g/mol. The first kappa shape index (κ1) is 36.5. The van der Waals surface area contributed by atoms with Crippen LogP contribution in [-0.4, -0.2) is 11.4 Å². The third kappa shape index (κ3) is 8.08. The summed E-state index contributed by atoms with van der Waals surface area (Å²) in [5.41, 5.74) is 16.5. The lowest BCUT2D eigenvalue weighted by Crippen LogP contribution is -2.10. The van der Waals surface area contributed by atoms with Gasteiger partial charge in [0.2, 0.25) is 0 Å². The Bertz CT molecular complexity index is 1870. The zero-order chi connectivity index (χ0) is 36.8. The lowest BCUT2D eigenvalue weighted by molar-refractivity contribution is 0.882. The van der Waals surface area contributed by atoms with Crippen LogP contribution in [0.2, 0.25) is 0 Å². The van der Waals surface area contributed by atoms with E-state index in [1.54, 1.807) is 0 Å². The third-order valence-corrected chi connectivity index (χ3v) is 10.8. The van der Waals surface area contributed by atoms with E-state index in [9.17, 15) is 0 Å². The minimum absolute atomic E-state index is 0.167. The molecule has 0 radical (unpaired) electrons. The van der Waals surface area contributed by atoms with E-state index in [0.717, 1.165) is 22.8 Å². The van der Waals surface area contributed by atoms with Crippen LogP contribution in [0.1, 0.15) is 121 Å². The first-order valence-electron chi connectivity index (χ1n) is 18.7. The van der Waals surface area contributed by atoms with Crippen molar-refractivity contribution < 1.29 is 0 Å². The Hall–Kier alpha value is -5.34. The van der Waals surface area contributed by atoms with Crippen molar-refractivity contribution in [3.8, 4) is 0 Å². The Morgan fingerprint density at radius 3 is 0.788 bits per heavy atom. The van der Waals surface area contributed by atoms with Crippen LogP contribution in [0.3, 0.4) is 0 Å². The lowest BCUT2D eigenvalue weighted by Gasteiger charge is -2.24. The van der Waals surface area contributed by atoms with Gasteiger partial charge >= 0.3 is 0 Å². The second kappa shape index (κ2) is 16.3. The van der Waals surface area contributed by atoms with Crippen LogP contribution in [0.25, 0.3) is 0 Å². The predicted octanol–water partition coefficient (Wildman–Crippen LogP) is 13.8. The van der Waals surface area contributed by atoms with Crippen LogP contribution in [0.15, 0.2) is 156 Å². The van der Waals surface area contributed by atoms with E-state index < -0.39 is 0 Å². The highest BCUT2D eigenvalue weighted by atomic mass is 14.8. The van der Waals surface area contributed by atoms with Gasteiger partial charge in [0.1, 0.15) is 0 Å². The molecule has 0 fully saturated rings. The fourth-order valence-corrected chi connectivity index (χ4v) is 7.43. The Labute approximate surface area is 312 Å².